The molecule has 0 bridgehead atoms. The van der Waals surface area contributed by atoms with Crippen molar-refractivity contribution in [1.82, 2.24) is 10.2 Å². The van der Waals surface area contributed by atoms with E-state index in [-0.39, 0.29) is 0 Å². The fraction of sp³-hybridized carbons (Fsp3) is 1.00. The van der Waals surface area contributed by atoms with Gasteiger partial charge >= 0.3 is 0 Å². The van der Waals surface area contributed by atoms with E-state index in [9.17, 15) is 0 Å². The predicted octanol–water partition coefficient (Wildman–Crippen LogP) is 0.459. The van der Waals surface area contributed by atoms with Gasteiger partial charge < -0.3 is 15.0 Å². The lowest BCUT2D eigenvalue weighted by atomic mass is 10.2. The Kier molecular flexibility index (Phi) is 3.19. The first-order chi connectivity index (χ1) is 6.34. The zero-order chi connectivity index (χ0) is 9.10. The van der Waals surface area contributed by atoms with E-state index in [1.54, 1.807) is 0 Å². The van der Waals surface area contributed by atoms with Gasteiger partial charge in [0.05, 0.1) is 6.10 Å². The standard InChI is InChI=1S/C10H20N2O/c1-12-5-4-9(8-12)11-7-10-3-2-6-13-10/h9-11H,2-8H2,1H3. The van der Waals surface area contributed by atoms with Crippen LogP contribution in [0.2, 0.25) is 0 Å². The first-order valence-corrected chi connectivity index (χ1v) is 5.38. The maximum absolute atomic E-state index is 5.56. The summed E-state index contributed by atoms with van der Waals surface area (Å²) in [6.07, 6.45) is 4.28. The summed E-state index contributed by atoms with van der Waals surface area (Å²) in [4.78, 5) is 2.38. The van der Waals surface area contributed by atoms with Crippen LogP contribution in [-0.2, 0) is 4.74 Å². The highest BCUT2D eigenvalue weighted by atomic mass is 16.5. The maximum atomic E-state index is 5.56. The second-order valence-electron chi connectivity index (χ2n) is 4.29. The number of hydrogen-bond acceptors (Lipinski definition) is 3. The van der Waals surface area contributed by atoms with Crippen molar-refractivity contribution >= 4 is 0 Å². The van der Waals surface area contributed by atoms with Crippen LogP contribution in [0.4, 0.5) is 0 Å². The lowest BCUT2D eigenvalue weighted by Gasteiger charge is -2.15. The molecule has 2 rings (SSSR count). The molecule has 2 saturated heterocycles. The van der Waals surface area contributed by atoms with Crippen molar-refractivity contribution in [1.29, 1.82) is 0 Å². The predicted molar refractivity (Wildman–Crippen MR) is 52.9 cm³/mol. The van der Waals surface area contributed by atoms with Crippen LogP contribution in [0.25, 0.3) is 0 Å². The number of likely N-dealkylation sites (tertiary alicyclic amines) is 1. The molecule has 2 fully saturated rings. The van der Waals surface area contributed by atoms with Gasteiger partial charge in [0.1, 0.15) is 0 Å². The minimum absolute atomic E-state index is 0.492. The third-order valence-corrected chi connectivity index (χ3v) is 3.05. The van der Waals surface area contributed by atoms with Crippen LogP contribution >= 0.6 is 0 Å². The molecule has 2 unspecified atom stereocenters. The summed E-state index contributed by atoms with van der Waals surface area (Å²) in [5.41, 5.74) is 0. The zero-order valence-electron chi connectivity index (χ0n) is 8.46. The first kappa shape index (κ1) is 9.44. The molecule has 0 aromatic rings. The first-order valence-electron chi connectivity index (χ1n) is 5.38. The van der Waals surface area contributed by atoms with E-state index < -0.39 is 0 Å². The smallest absolute Gasteiger partial charge is 0.0700 e. The van der Waals surface area contributed by atoms with Crippen LogP contribution in [0.3, 0.4) is 0 Å². The number of hydrogen-bond donors (Lipinski definition) is 1. The summed E-state index contributed by atoms with van der Waals surface area (Å²) in [5, 5.41) is 3.59. The molecule has 0 spiro atoms. The van der Waals surface area contributed by atoms with Crippen molar-refractivity contribution in [2.24, 2.45) is 0 Å². The minimum Gasteiger partial charge on any atom is -0.377 e. The quantitative estimate of drug-likeness (QED) is 0.689. The van der Waals surface area contributed by atoms with Gasteiger partial charge in [-0.25, -0.2) is 0 Å². The number of ether oxygens (including phenoxy) is 1. The zero-order valence-corrected chi connectivity index (χ0v) is 8.46. The van der Waals surface area contributed by atoms with Crippen LogP contribution in [0, 0.1) is 0 Å². The molecule has 2 heterocycles. The highest BCUT2D eigenvalue weighted by Crippen LogP contribution is 2.12. The minimum atomic E-state index is 0.492. The molecule has 13 heavy (non-hydrogen) atoms. The third kappa shape index (κ3) is 2.66. The van der Waals surface area contributed by atoms with Crippen molar-refractivity contribution < 1.29 is 4.74 Å². The molecule has 2 aliphatic heterocycles. The SMILES string of the molecule is CN1CCC(NCC2CCCO2)C1. The van der Waals surface area contributed by atoms with E-state index in [0.717, 1.165) is 13.2 Å². The Bertz CT molecular complexity index is 157. The van der Waals surface area contributed by atoms with Crippen LogP contribution in [0.1, 0.15) is 19.3 Å². The van der Waals surface area contributed by atoms with Gasteiger partial charge in [0, 0.05) is 25.7 Å². The van der Waals surface area contributed by atoms with Gasteiger partial charge in [0.25, 0.3) is 0 Å². The fourth-order valence-electron chi connectivity index (χ4n) is 2.21. The molecule has 0 aromatic heterocycles. The highest BCUT2D eigenvalue weighted by Gasteiger charge is 2.21. The van der Waals surface area contributed by atoms with E-state index in [1.807, 2.05) is 0 Å². The van der Waals surface area contributed by atoms with Crippen molar-refractivity contribution in [2.75, 3.05) is 33.3 Å². The van der Waals surface area contributed by atoms with E-state index in [2.05, 4.69) is 17.3 Å². The summed E-state index contributed by atoms with van der Waals surface area (Å²) < 4.78 is 5.56. The molecule has 2 atom stereocenters. The molecule has 1 N–H and O–H groups in total. The number of nitrogens with zero attached hydrogens (tertiary/aromatic N) is 1. The lowest BCUT2D eigenvalue weighted by molar-refractivity contribution is 0.107. The topological polar surface area (TPSA) is 24.5 Å². The summed E-state index contributed by atoms with van der Waals surface area (Å²) in [6.45, 7) is 4.46. The second kappa shape index (κ2) is 4.40. The van der Waals surface area contributed by atoms with E-state index in [1.165, 1.54) is 32.4 Å². The molecule has 76 valence electrons. The second-order valence-corrected chi connectivity index (χ2v) is 4.29. The maximum Gasteiger partial charge on any atom is 0.0700 e. The van der Waals surface area contributed by atoms with Crippen molar-refractivity contribution in [2.45, 2.75) is 31.4 Å². The molecule has 0 saturated carbocycles. The molecular weight excluding hydrogens is 164 g/mol. The Morgan fingerprint density at radius 2 is 2.38 bits per heavy atom. The van der Waals surface area contributed by atoms with Crippen molar-refractivity contribution in [3.05, 3.63) is 0 Å². The van der Waals surface area contributed by atoms with Crippen LogP contribution in [0.5, 0.6) is 0 Å². The molecular formula is C10H20N2O. The molecule has 3 heteroatoms. The average Bonchev–Trinajstić information content (AvgIpc) is 2.71. The summed E-state index contributed by atoms with van der Waals surface area (Å²) in [7, 11) is 2.19. The lowest BCUT2D eigenvalue weighted by Crippen LogP contribution is -2.36. The Morgan fingerprint density at radius 3 is 3.00 bits per heavy atom. The Hall–Kier alpha value is -0.120. The van der Waals surface area contributed by atoms with Crippen molar-refractivity contribution in [3.8, 4) is 0 Å². The number of nitrogens with one attached hydrogen (secondary N) is 1. The average molecular weight is 184 g/mol. The normalized spacial score (nSPS) is 35.8. The van der Waals surface area contributed by atoms with Crippen LogP contribution in [-0.4, -0.2) is 50.3 Å². The summed E-state index contributed by atoms with van der Waals surface area (Å²) in [5.74, 6) is 0. The van der Waals surface area contributed by atoms with Crippen molar-refractivity contribution in [3.63, 3.8) is 0 Å². The molecule has 0 amide bonds. The van der Waals surface area contributed by atoms with Gasteiger partial charge in [0.2, 0.25) is 0 Å². The van der Waals surface area contributed by atoms with E-state index in [4.69, 9.17) is 4.74 Å². The Labute approximate surface area is 80.4 Å². The molecule has 0 aliphatic carbocycles. The Morgan fingerprint density at radius 1 is 1.46 bits per heavy atom. The summed E-state index contributed by atoms with van der Waals surface area (Å²) in [6, 6.07) is 0.703. The molecule has 0 aromatic carbocycles. The van der Waals surface area contributed by atoms with Gasteiger partial charge in [-0.2, -0.15) is 0 Å². The van der Waals surface area contributed by atoms with E-state index >= 15 is 0 Å². The van der Waals surface area contributed by atoms with Gasteiger partial charge in [0.15, 0.2) is 0 Å². The molecule has 2 aliphatic rings. The van der Waals surface area contributed by atoms with Gasteiger partial charge in [-0.15, -0.1) is 0 Å². The molecule has 0 radical (unpaired) electrons. The van der Waals surface area contributed by atoms with Gasteiger partial charge in [-0.05, 0) is 32.9 Å². The fourth-order valence-corrected chi connectivity index (χ4v) is 2.21. The third-order valence-electron chi connectivity index (χ3n) is 3.05. The van der Waals surface area contributed by atoms with Gasteiger partial charge in [-0.1, -0.05) is 0 Å². The number of likely N-dealkylation sites (N-methyl/N-ethyl adjacent to an activating group) is 1. The largest absolute Gasteiger partial charge is 0.377 e. The van der Waals surface area contributed by atoms with Gasteiger partial charge in [-0.3, -0.25) is 0 Å². The Balaban J connectivity index is 1.62. The van der Waals surface area contributed by atoms with Crippen LogP contribution in [0.15, 0.2) is 0 Å². The van der Waals surface area contributed by atoms with E-state index in [0.29, 0.717) is 12.1 Å². The summed E-state index contributed by atoms with van der Waals surface area (Å²) >= 11 is 0. The number of rotatable bonds is 3. The molecule has 3 nitrogen and oxygen atoms in total. The monoisotopic (exact) mass is 184 g/mol. The van der Waals surface area contributed by atoms with Crippen LogP contribution < -0.4 is 5.32 Å². The highest BCUT2D eigenvalue weighted by molar-refractivity contribution is 4.80.